The summed E-state index contributed by atoms with van der Waals surface area (Å²) >= 11 is 0. The van der Waals surface area contributed by atoms with Crippen LogP contribution in [0.15, 0.2) is 24.3 Å². The molecule has 1 aromatic rings. The summed E-state index contributed by atoms with van der Waals surface area (Å²) in [6.07, 6.45) is 0.0921. The van der Waals surface area contributed by atoms with Crippen molar-refractivity contribution in [3.63, 3.8) is 0 Å². The molecule has 0 heterocycles. The molecule has 0 radical (unpaired) electrons. The maximum atomic E-state index is 11.2. The van der Waals surface area contributed by atoms with Crippen LogP contribution in [-0.2, 0) is 11.3 Å². The van der Waals surface area contributed by atoms with Crippen molar-refractivity contribution in [1.82, 2.24) is 5.32 Å². The molecule has 4 nitrogen and oxygen atoms in total. The summed E-state index contributed by atoms with van der Waals surface area (Å²) in [5.74, 6) is 0. The van der Waals surface area contributed by atoms with E-state index in [2.05, 4.69) is 5.32 Å². The Morgan fingerprint density at radius 3 is 3.00 bits per heavy atom. The second-order valence-corrected chi connectivity index (χ2v) is 3.57. The molecule has 0 aliphatic heterocycles. The Kier molecular flexibility index (Phi) is 5.36. The summed E-state index contributed by atoms with van der Waals surface area (Å²) in [6.45, 7) is 2.76. The summed E-state index contributed by atoms with van der Waals surface area (Å²) in [4.78, 5) is 11.2. The van der Waals surface area contributed by atoms with E-state index in [-0.39, 0.29) is 13.2 Å². The molecule has 0 saturated carbocycles. The van der Waals surface area contributed by atoms with E-state index < -0.39 is 6.09 Å². The molecule has 0 saturated heterocycles. The number of carbonyl (C=O) groups is 1. The number of hydrogen-bond acceptors (Lipinski definition) is 3. The number of aryl methyl sites for hydroxylation is 1. The smallest absolute Gasteiger partial charge is 0.407 e. The second kappa shape index (κ2) is 6.85. The van der Waals surface area contributed by atoms with Crippen LogP contribution in [-0.4, -0.2) is 24.4 Å². The lowest BCUT2D eigenvalue weighted by Crippen LogP contribution is -2.25. The van der Waals surface area contributed by atoms with E-state index in [0.717, 1.165) is 11.1 Å². The van der Waals surface area contributed by atoms with Gasteiger partial charge in [0.05, 0.1) is 0 Å². The minimum atomic E-state index is -0.449. The fourth-order valence-electron chi connectivity index (χ4n) is 1.27. The summed E-state index contributed by atoms with van der Waals surface area (Å²) in [5, 5.41) is 11.1. The van der Waals surface area contributed by atoms with Crippen LogP contribution < -0.4 is 5.32 Å². The fourth-order valence-corrected chi connectivity index (χ4v) is 1.27. The highest BCUT2D eigenvalue weighted by Gasteiger charge is 2.01. The van der Waals surface area contributed by atoms with Gasteiger partial charge in [-0.05, 0) is 18.9 Å². The van der Waals surface area contributed by atoms with E-state index in [0.29, 0.717) is 13.0 Å². The molecule has 0 spiro atoms. The first-order valence-corrected chi connectivity index (χ1v) is 5.29. The monoisotopic (exact) mass is 223 g/mol. The van der Waals surface area contributed by atoms with Crippen molar-refractivity contribution in [3.8, 4) is 0 Å². The number of amides is 1. The highest BCUT2D eigenvalue weighted by molar-refractivity contribution is 5.67. The van der Waals surface area contributed by atoms with Crippen LogP contribution >= 0.6 is 0 Å². The number of carbonyl (C=O) groups excluding carboxylic acids is 1. The summed E-state index contributed by atoms with van der Waals surface area (Å²) < 4.78 is 5.00. The third kappa shape index (κ3) is 4.79. The van der Waals surface area contributed by atoms with Gasteiger partial charge < -0.3 is 15.2 Å². The maximum absolute atomic E-state index is 11.2. The van der Waals surface area contributed by atoms with Crippen LogP contribution in [0.3, 0.4) is 0 Å². The largest absolute Gasteiger partial charge is 0.445 e. The van der Waals surface area contributed by atoms with Gasteiger partial charge in [0.2, 0.25) is 0 Å². The van der Waals surface area contributed by atoms with Crippen LogP contribution in [0.25, 0.3) is 0 Å². The van der Waals surface area contributed by atoms with Crippen molar-refractivity contribution in [1.29, 1.82) is 0 Å². The fraction of sp³-hybridized carbons (Fsp3) is 0.417. The van der Waals surface area contributed by atoms with Crippen LogP contribution in [0.5, 0.6) is 0 Å². The topological polar surface area (TPSA) is 58.6 Å². The Bertz CT molecular complexity index is 339. The number of aliphatic hydroxyl groups is 1. The Morgan fingerprint density at radius 2 is 2.31 bits per heavy atom. The van der Waals surface area contributed by atoms with E-state index in [1.165, 1.54) is 0 Å². The van der Waals surface area contributed by atoms with Gasteiger partial charge in [0.15, 0.2) is 0 Å². The number of nitrogens with one attached hydrogen (secondary N) is 1. The highest BCUT2D eigenvalue weighted by atomic mass is 16.5. The van der Waals surface area contributed by atoms with Crippen molar-refractivity contribution in [2.24, 2.45) is 0 Å². The zero-order chi connectivity index (χ0) is 11.8. The summed E-state index contributed by atoms with van der Waals surface area (Å²) in [5.41, 5.74) is 2.11. The van der Waals surface area contributed by atoms with Crippen molar-refractivity contribution in [3.05, 3.63) is 35.4 Å². The van der Waals surface area contributed by atoms with Gasteiger partial charge in [-0.15, -0.1) is 0 Å². The standard InChI is InChI=1S/C12H17NO3/c1-10-4-2-5-11(8-10)9-16-12(15)13-6-3-7-14/h2,4-5,8,14H,3,6-7,9H2,1H3,(H,13,15). The highest BCUT2D eigenvalue weighted by Crippen LogP contribution is 2.05. The first-order chi connectivity index (χ1) is 7.72. The van der Waals surface area contributed by atoms with E-state index in [1.54, 1.807) is 0 Å². The molecule has 2 N–H and O–H groups in total. The van der Waals surface area contributed by atoms with Crippen LogP contribution in [0.4, 0.5) is 4.79 Å². The molecule has 1 aromatic carbocycles. The first kappa shape index (κ1) is 12.5. The van der Waals surface area contributed by atoms with Gasteiger partial charge in [0, 0.05) is 13.2 Å². The average Bonchev–Trinajstić information content (AvgIpc) is 2.27. The lowest BCUT2D eigenvalue weighted by Gasteiger charge is -2.06. The minimum absolute atomic E-state index is 0.0676. The molecule has 0 fully saturated rings. The van der Waals surface area contributed by atoms with Crippen LogP contribution in [0.2, 0.25) is 0 Å². The van der Waals surface area contributed by atoms with Gasteiger partial charge >= 0.3 is 6.09 Å². The van der Waals surface area contributed by atoms with E-state index in [1.807, 2.05) is 31.2 Å². The first-order valence-electron chi connectivity index (χ1n) is 5.29. The molecule has 16 heavy (non-hydrogen) atoms. The molecule has 88 valence electrons. The normalized spacial score (nSPS) is 9.88. The Hall–Kier alpha value is -1.55. The van der Waals surface area contributed by atoms with Crippen LogP contribution in [0, 0.1) is 6.92 Å². The van der Waals surface area contributed by atoms with Gasteiger partial charge in [-0.1, -0.05) is 29.8 Å². The molecule has 0 aliphatic rings. The molecule has 0 aromatic heterocycles. The van der Waals surface area contributed by atoms with Crippen molar-refractivity contribution in [2.75, 3.05) is 13.2 Å². The molecule has 1 amide bonds. The molecule has 4 heteroatoms. The van der Waals surface area contributed by atoms with Gasteiger partial charge in [-0.3, -0.25) is 0 Å². The average molecular weight is 223 g/mol. The van der Waals surface area contributed by atoms with Crippen molar-refractivity contribution < 1.29 is 14.6 Å². The summed E-state index contributed by atoms with van der Waals surface area (Å²) in [7, 11) is 0. The molecule has 0 bridgehead atoms. The van der Waals surface area contributed by atoms with Gasteiger partial charge in [-0.25, -0.2) is 4.79 Å². The zero-order valence-electron chi connectivity index (χ0n) is 9.40. The maximum Gasteiger partial charge on any atom is 0.407 e. The molecule has 1 rings (SSSR count). The third-order valence-corrected chi connectivity index (χ3v) is 2.06. The predicted molar refractivity (Wildman–Crippen MR) is 61.1 cm³/mol. The predicted octanol–water partition coefficient (Wildman–Crippen LogP) is 1.60. The third-order valence-electron chi connectivity index (χ3n) is 2.06. The number of alkyl carbamates (subject to hydrolysis) is 1. The van der Waals surface area contributed by atoms with Crippen molar-refractivity contribution >= 4 is 6.09 Å². The minimum Gasteiger partial charge on any atom is -0.445 e. The molecule has 0 unspecified atom stereocenters. The Morgan fingerprint density at radius 1 is 1.50 bits per heavy atom. The van der Waals surface area contributed by atoms with E-state index in [9.17, 15) is 4.79 Å². The zero-order valence-corrected chi connectivity index (χ0v) is 9.40. The number of rotatable bonds is 5. The molecular weight excluding hydrogens is 206 g/mol. The van der Waals surface area contributed by atoms with Crippen LogP contribution in [0.1, 0.15) is 17.5 Å². The van der Waals surface area contributed by atoms with Gasteiger partial charge in [0.25, 0.3) is 0 Å². The SMILES string of the molecule is Cc1cccc(COC(=O)NCCCO)c1. The van der Waals surface area contributed by atoms with E-state index in [4.69, 9.17) is 9.84 Å². The number of hydrogen-bond donors (Lipinski definition) is 2. The van der Waals surface area contributed by atoms with Gasteiger partial charge in [-0.2, -0.15) is 0 Å². The Balaban J connectivity index is 2.26. The molecular formula is C12H17NO3. The quantitative estimate of drug-likeness (QED) is 0.745. The number of ether oxygens (including phenoxy) is 1. The lowest BCUT2D eigenvalue weighted by molar-refractivity contribution is 0.139. The lowest BCUT2D eigenvalue weighted by atomic mass is 10.1. The number of benzene rings is 1. The van der Waals surface area contributed by atoms with E-state index >= 15 is 0 Å². The summed E-state index contributed by atoms with van der Waals surface area (Å²) in [6, 6.07) is 7.80. The van der Waals surface area contributed by atoms with Gasteiger partial charge in [0.1, 0.15) is 6.61 Å². The van der Waals surface area contributed by atoms with Crippen molar-refractivity contribution in [2.45, 2.75) is 20.0 Å². The molecule has 0 atom stereocenters. The Labute approximate surface area is 95.2 Å². The second-order valence-electron chi connectivity index (χ2n) is 3.57. The molecule has 0 aliphatic carbocycles. The number of aliphatic hydroxyl groups excluding tert-OH is 1.